The number of esters is 1. The lowest BCUT2D eigenvalue weighted by Gasteiger charge is -2.18. The van der Waals surface area contributed by atoms with Crippen molar-refractivity contribution in [3.05, 3.63) is 59.1 Å². The van der Waals surface area contributed by atoms with Crippen LogP contribution in [0, 0.1) is 0 Å². The molecule has 0 N–H and O–H groups in total. The molecule has 0 aliphatic heterocycles. The number of rotatable bonds is 8. The van der Waals surface area contributed by atoms with Crippen molar-refractivity contribution in [1.29, 1.82) is 0 Å². The summed E-state index contributed by atoms with van der Waals surface area (Å²) in [7, 11) is -2.30. The number of hydrogen-bond acceptors (Lipinski definition) is 5. The van der Waals surface area contributed by atoms with E-state index in [1.807, 2.05) is 0 Å². The SMILES string of the molecule is CCOC(=O)c1cccc(S(=O)(=O)N(C)CCOc2cccc(Cl)c2)c1. The Hall–Kier alpha value is -2.09. The summed E-state index contributed by atoms with van der Waals surface area (Å²) in [6, 6.07) is 12.6. The number of ether oxygens (including phenoxy) is 2. The zero-order chi connectivity index (χ0) is 19.2. The number of likely N-dealkylation sites (N-methyl/N-ethyl adjacent to an activating group) is 1. The van der Waals surface area contributed by atoms with Gasteiger partial charge in [-0.3, -0.25) is 0 Å². The lowest BCUT2D eigenvalue weighted by Crippen LogP contribution is -2.31. The predicted molar refractivity (Wildman–Crippen MR) is 99.2 cm³/mol. The van der Waals surface area contributed by atoms with Crippen LogP contribution in [0.4, 0.5) is 0 Å². The first-order valence-electron chi connectivity index (χ1n) is 7.96. The highest BCUT2D eigenvalue weighted by molar-refractivity contribution is 7.89. The number of carbonyl (C=O) groups excluding carboxylic acids is 1. The zero-order valence-corrected chi connectivity index (χ0v) is 16.1. The second kappa shape index (κ2) is 9.02. The Morgan fingerprint density at radius 2 is 1.88 bits per heavy atom. The maximum absolute atomic E-state index is 12.7. The molecule has 0 amide bonds. The van der Waals surface area contributed by atoms with Gasteiger partial charge in [0, 0.05) is 18.6 Å². The summed E-state index contributed by atoms with van der Waals surface area (Å²) < 4.78 is 36.9. The molecule has 2 rings (SSSR count). The van der Waals surface area contributed by atoms with Crippen molar-refractivity contribution in [1.82, 2.24) is 4.31 Å². The molecule has 8 heteroatoms. The summed E-state index contributed by atoms with van der Waals surface area (Å²) >= 11 is 5.88. The number of benzene rings is 2. The Bertz CT molecular complexity index is 869. The maximum atomic E-state index is 12.7. The standard InChI is InChI=1S/C18H20ClNO5S/c1-3-24-18(21)14-6-4-9-17(12-14)26(22,23)20(2)10-11-25-16-8-5-7-15(19)13-16/h4-9,12-13H,3,10-11H2,1-2H3. The first-order valence-corrected chi connectivity index (χ1v) is 9.78. The third-order valence-corrected chi connectivity index (χ3v) is 5.61. The second-order valence-corrected chi connectivity index (χ2v) is 7.86. The van der Waals surface area contributed by atoms with Crippen molar-refractivity contribution < 1.29 is 22.7 Å². The van der Waals surface area contributed by atoms with Crippen molar-refractivity contribution in [3.63, 3.8) is 0 Å². The molecule has 0 aromatic heterocycles. The van der Waals surface area contributed by atoms with Crippen LogP contribution >= 0.6 is 11.6 Å². The summed E-state index contributed by atoms with van der Waals surface area (Å²) in [5.74, 6) is 0.00380. The summed E-state index contributed by atoms with van der Waals surface area (Å²) in [4.78, 5) is 11.8. The number of carbonyl (C=O) groups is 1. The minimum Gasteiger partial charge on any atom is -0.492 e. The van der Waals surface area contributed by atoms with Crippen LogP contribution in [0.3, 0.4) is 0 Å². The van der Waals surface area contributed by atoms with Gasteiger partial charge in [0.2, 0.25) is 10.0 Å². The Morgan fingerprint density at radius 1 is 1.15 bits per heavy atom. The van der Waals surface area contributed by atoms with Gasteiger partial charge in [0.25, 0.3) is 0 Å². The van der Waals surface area contributed by atoms with E-state index >= 15 is 0 Å². The average molecular weight is 398 g/mol. The quantitative estimate of drug-likeness (QED) is 0.639. The van der Waals surface area contributed by atoms with Crippen molar-refractivity contribution >= 4 is 27.6 Å². The molecule has 0 unspecified atom stereocenters. The van der Waals surface area contributed by atoms with E-state index in [1.54, 1.807) is 31.2 Å². The van der Waals surface area contributed by atoms with Gasteiger partial charge in [-0.15, -0.1) is 0 Å². The molecule has 0 saturated carbocycles. The fraction of sp³-hybridized carbons (Fsp3) is 0.278. The van der Waals surface area contributed by atoms with Crippen molar-refractivity contribution in [3.8, 4) is 5.75 Å². The Balaban J connectivity index is 2.04. The van der Waals surface area contributed by atoms with E-state index in [9.17, 15) is 13.2 Å². The van der Waals surface area contributed by atoms with Crippen LogP contribution < -0.4 is 4.74 Å². The molecule has 0 aliphatic carbocycles. The van der Waals surface area contributed by atoms with Gasteiger partial charge in [0.05, 0.1) is 17.1 Å². The molecule has 2 aromatic rings. The normalized spacial score (nSPS) is 11.4. The average Bonchev–Trinajstić information content (AvgIpc) is 2.62. The molecule has 0 atom stereocenters. The molecular weight excluding hydrogens is 378 g/mol. The number of sulfonamides is 1. The van der Waals surface area contributed by atoms with Gasteiger partial charge in [-0.05, 0) is 43.3 Å². The van der Waals surface area contributed by atoms with E-state index in [4.69, 9.17) is 21.1 Å². The molecule has 140 valence electrons. The van der Waals surface area contributed by atoms with E-state index in [2.05, 4.69) is 0 Å². The molecule has 0 spiro atoms. The van der Waals surface area contributed by atoms with E-state index in [-0.39, 0.29) is 30.2 Å². The number of hydrogen-bond donors (Lipinski definition) is 0. The van der Waals surface area contributed by atoms with E-state index in [0.717, 1.165) is 0 Å². The van der Waals surface area contributed by atoms with Crippen LogP contribution in [-0.2, 0) is 14.8 Å². The fourth-order valence-electron chi connectivity index (χ4n) is 2.15. The Morgan fingerprint density at radius 3 is 2.58 bits per heavy atom. The van der Waals surface area contributed by atoms with Crippen LogP contribution in [0.2, 0.25) is 5.02 Å². The minimum atomic E-state index is -3.75. The largest absolute Gasteiger partial charge is 0.492 e. The van der Waals surface area contributed by atoms with Crippen LogP contribution in [0.1, 0.15) is 17.3 Å². The highest BCUT2D eigenvalue weighted by Crippen LogP contribution is 2.19. The first kappa shape index (κ1) is 20.2. The smallest absolute Gasteiger partial charge is 0.338 e. The van der Waals surface area contributed by atoms with Crippen molar-refractivity contribution in [2.75, 3.05) is 26.8 Å². The molecule has 0 radical (unpaired) electrons. The van der Waals surface area contributed by atoms with Gasteiger partial charge in [-0.25, -0.2) is 13.2 Å². The topological polar surface area (TPSA) is 72.9 Å². The third-order valence-electron chi connectivity index (χ3n) is 3.52. The van der Waals surface area contributed by atoms with Crippen LogP contribution in [0.5, 0.6) is 5.75 Å². The van der Waals surface area contributed by atoms with Crippen LogP contribution in [-0.4, -0.2) is 45.5 Å². The number of halogens is 1. The number of nitrogens with zero attached hydrogens (tertiary/aromatic N) is 1. The summed E-state index contributed by atoms with van der Waals surface area (Å²) in [6.45, 7) is 2.20. The third kappa shape index (κ3) is 5.20. The van der Waals surface area contributed by atoms with E-state index in [1.165, 1.54) is 35.6 Å². The second-order valence-electron chi connectivity index (χ2n) is 5.38. The maximum Gasteiger partial charge on any atom is 0.338 e. The van der Waals surface area contributed by atoms with Gasteiger partial charge >= 0.3 is 5.97 Å². The molecule has 0 fully saturated rings. The fourth-order valence-corrected chi connectivity index (χ4v) is 3.53. The monoisotopic (exact) mass is 397 g/mol. The molecule has 0 saturated heterocycles. The lowest BCUT2D eigenvalue weighted by atomic mass is 10.2. The highest BCUT2D eigenvalue weighted by atomic mass is 35.5. The van der Waals surface area contributed by atoms with Gasteiger partial charge in [-0.2, -0.15) is 4.31 Å². The molecule has 6 nitrogen and oxygen atoms in total. The van der Waals surface area contributed by atoms with Gasteiger partial charge in [0.1, 0.15) is 12.4 Å². The molecular formula is C18H20ClNO5S. The minimum absolute atomic E-state index is 0.0216. The molecule has 0 bridgehead atoms. The van der Waals surface area contributed by atoms with E-state index in [0.29, 0.717) is 10.8 Å². The van der Waals surface area contributed by atoms with Crippen LogP contribution in [0.15, 0.2) is 53.4 Å². The summed E-state index contributed by atoms with van der Waals surface area (Å²) in [6.07, 6.45) is 0. The first-order chi connectivity index (χ1) is 12.3. The summed E-state index contributed by atoms with van der Waals surface area (Å²) in [5, 5.41) is 0.541. The predicted octanol–water partition coefficient (Wildman–Crippen LogP) is 3.22. The molecule has 2 aromatic carbocycles. The van der Waals surface area contributed by atoms with Crippen LogP contribution in [0.25, 0.3) is 0 Å². The molecule has 0 heterocycles. The van der Waals surface area contributed by atoms with Gasteiger partial charge in [0.15, 0.2) is 0 Å². The van der Waals surface area contributed by atoms with Gasteiger partial charge < -0.3 is 9.47 Å². The Kier molecular flexibility index (Phi) is 7.02. The van der Waals surface area contributed by atoms with E-state index < -0.39 is 16.0 Å². The molecule has 0 aliphatic rings. The summed E-state index contributed by atoms with van der Waals surface area (Å²) in [5.41, 5.74) is 0.191. The van der Waals surface area contributed by atoms with Gasteiger partial charge in [-0.1, -0.05) is 23.7 Å². The lowest BCUT2D eigenvalue weighted by molar-refractivity contribution is 0.0526. The van der Waals surface area contributed by atoms with Crippen molar-refractivity contribution in [2.24, 2.45) is 0 Å². The van der Waals surface area contributed by atoms with Crippen molar-refractivity contribution in [2.45, 2.75) is 11.8 Å². The zero-order valence-electron chi connectivity index (χ0n) is 14.5. The molecule has 26 heavy (non-hydrogen) atoms. The highest BCUT2D eigenvalue weighted by Gasteiger charge is 2.22. The Labute approximate surface area is 158 Å².